The van der Waals surface area contributed by atoms with E-state index in [1.165, 1.54) is 0 Å². The van der Waals surface area contributed by atoms with Crippen LogP contribution < -0.4 is 5.32 Å². The van der Waals surface area contributed by atoms with Gasteiger partial charge in [0, 0.05) is 35.1 Å². The lowest BCUT2D eigenvalue weighted by Gasteiger charge is -2.31. The third-order valence-corrected chi connectivity index (χ3v) is 5.64. The molecule has 0 saturated heterocycles. The Kier molecular flexibility index (Phi) is 9.67. The van der Waals surface area contributed by atoms with Gasteiger partial charge in [0.1, 0.15) is 6.04 Å². The second kappa shape index (κ2) is 12.0. The van der Waals surface area contributed by atoms with Gasteiger partial charge in [-0.3, -0.25) is 9.59 Å². The summed E-state index contributed by atoms with van der Waals surface area (Å²) in [5, 5.41) is 3.93. The van der Waals surface area contributed by atoms with Crippen LogP contribution in [0.4, 0.5) is 0 Å². The zero-order valence-electron chi connectivity index (χ0n) is 17.8. The molecule has 30 heavy (non-hydrogen) atoms. The predicted molar refractivity (Wildman–Crippen MR) is 124 cm³/mol. The summed E-state index contributed by atoms with van der Waals surface area (Å²) >= 11 is 12.7. The molecular formula is C24H30Cl2N2O2. The van der Waals surface area contributed by atoms with Gasteiger partial charge in [0.15, 0.2) is 0 Å². The molecule has 0 spiro atoms. The first kappa shape index (κ1) is 24.2. The molecule has 2 aromatic carbocycles. The van der Waals surface area contributed by atoms with E-state index < -0.39 is 6.04 Å². The molecule has 4 nitrogen and oxygen atoms in total. The number of rotatable bonds is 10. The number of carbonyl (C=O) groups is 2. The summed E-state index contributed by atoms with van der Waals surface area (Å²) in [6.07, 6.45) is 1.42. The van der Waals surface area contributed by atoms with Crippen molar-refractivity contribution >= 4 is 35.0 Å². The van der Waals surface area contributed by atoms with Crippen LogP contribution in [0.15, 0.2) is 48.5 Å². The molecule has 0 bridgehead atoms. The van der Waals surface area contributed by atoms with Gasteiger partial charge < -0.3 is 10.2 Å². The Bertz CT molecular complexity index is 820. The monoisotopic (exact) mass is 448 g/mol. The van der Waals surface area contributed by atoms with Crippen LogP contribution in [0.1, 0.15) is 44.7 Å². The maximum atomic E-state index is 13.2. The topological polar surface area (TPSA) is 49.4 Å². The molecule has 6 heteroatoms. The highest BCUT2D eigenvalue weighted by Crippen LogP contribution is 2.27. The molecule has 162 valence electrons. The lowest BCUT2D eigenvalue weighted by atomic mass is 10.1. The minimum atomic E-state index is -0.584. The standard InChI is InChI=1S/C24H30Cl2N2O2/c1-4-22(24(30)27-15-17(2)3)28(16-19-20(25)11-8-12-21(19)26)23(29)14-13-18-9-6-5-7-10-18/h5-12,17,22H,4,13-16H2,1-3H3,(H,27,30)/t22-/m0/s1. The Labute approximate surface area is 189 Å². The maximum Gasteiger partial charge on any atom is 0.242 e. The van der Waals surface area contributed by atoms with Crippen molar-refractivity contribution in [3.8, 4) is 0 Å². The van der Waals surface area contributed by atoms with Gasteiger partial charge in [0.25, 0.3) is 0 Å². The zero-order chi connectivity index (χ0) is 22.1. The van der Waals surface area contributed by atoms with Crippen LogP contribution in [0.3, 0.4) is 0 Å². The van der Waals surface area contributed by atoms with Gasteiger partial charge in [-0.2, -0.15) is 0 Å². The molecule has 0 fully saturated rings. The van der Waals surface area contributed by atoms with E-state index in [0.29, 0.717) is 47.3 Å². The summed E-state index contributed by atoms with van der Waals surface area (Å²) < 4.78 is 0. The average Bonchev–Trinajstić information content (AvgIpc) is 2.73. The van der Waals surface area contributed by atoms with Crippen molar-refractivity contribution in [1.29, 1.82) is 0 Å². The molecule has 0 aliphatic carbocycles. The Morgan fingerprint density at radius 3 is 2.20 bits per heavy atom. The quantitative estimate of drug-likeness (QED) is 0.520. The SMILES string of the molecule is CC[C@@H](C(=O)NCC(C)C)N(Cc1c(Cl)cccc1Cl)C(=O)CCc1ccccc1. The van der Waals surface area contributed by atoms with E-state index >= 15 is 0 Å². The number of amides is 2. The minimum absolute atomic E-state index is 0.0959. The summed E-state index contributed by atoms with van der Waals surface area (Å²) in [6.45, 7) is 6.74. The van der Waals surface area contributed by atoms with Crippen molar-refractivity contribution in [3.05, 3.63) is 69.7 Å². The molecule has 1 N–H and O–H groups in total. The van der Waals surface area contributed by atoms with Crippen LogP contribution >= 0.6 is 23.2 Å². The lowest BCUT2D eigenvalue weighted by Crippen LogP contribution is -2.49. The van der Waals surface area contributed by atoms with E-state index in [4.69, 9.17) is 23.2 Å². The van der Waals surface area contributed by atoms with Crippen LogP contribution in [0, 0.1) is 5.92 Å². The van der Waals surface area contributed by atoms with Crippen molar-refractivity contribution in [3.63, 3.8) is 0 Å². The number of hydrogen-bond donors (Lipinski definition) is 1. The smallest absolute Gasteiger partial charge is 0.242 e. The Morgan fingerprint density at radius 1 is 1.00 bits per heavy atom. The van der Waals surface area contributed by atoms with Gasteiger partial charge in [-0.05, 0) is 36.5 Å². The Morgan fingerprint density at radius 2 is 1.63 bits per heavy atom. The van der Waals surface area contributed by atoms with E-state index in [9.17, 15) is 9.59 Å². The molecule has 0 saturated carbocycles. The summed E-state index contributed by atoms with van der Waals surface area (Å²) in [7, 11) is 0. The van der Waals surface area contributed by atoms with Gasteiger partial charge in [-0.15, -0.1) is 0 Å². The molecule has 0 aliphatic rings. The molecule has 0 heterocycles. The fourth-order valence-corrected chi connectivity index (χ4v) is 3.75. The molecule has 2 aromatic rings. The summed E-state index contributed by atoms with van der Waals surface area (Å²) in [5.41, 5.74) is 1.74. The second-order valence-corrected chi connectivity index (χ2v) is 8.58. The minimum Gasteiger partial charge on any atom is -0.354 e. The molecule has 0 aliphatic heterocycles. The number of carbonyl (C=O) groups excluding carboxylic acids is 2. The number of hydrogen-bond acceptors (Lipinski definition) is 2. The normalized spacial score (nSPS) is 11.9. The molecule has 2 rings (SSSR count). The molecule has 1 atom stereocenters. The van der Waals surface area contributed by atoms with Crippen LogP contribution in [-0.2, 0) is 22.6 Å². The fourth-order valence-electron chi connectivity index (χ4n) is 3.24. The molecule has 0 radical (unpaired) electrons. The highest BCUT2D eigenvalue weighted by molar-refractivity contribution is 6.36. The largest absolute Gasteiger partial charge is 0.354 e. The number of benzene rings is 2. The number of aryl methyl sites for hydroxylation is 1. The van der Waals surface area contributed by atoms with Crippen LogP contribution in [0.2, 0.25) is 10.0 Å². The third-order valence-electron chi connectivity index (χ3n) is 4.93. The van der Waals surface area contributed by atoms with Crippen LogP contribution in [-0.4, -0.2) is 29.3 Å². The van der Waals surface area contributed by atoms with Gasteiger partial charge in [-0.1, -0.05) is 80.4 Å². The lowest BCUT2D eigenvalue weighted by molar-refractivity contribution is -0.141. The van der Waals surface area contributed by atoms with Crippen molar-refractivity contribution in [2.75, 3.05) is 6.54 Å². The summed E-state index contributed by atoms with van der Waals surface area (Å²) in [4.78, 5) is 27.8. The average molecular weight is 449 g/mol. The predicted octanol–water partition coefficient (Wildman–Crippen LogP) is 5.51. The molecule has 0 unspecified atom stereocenters. The van der Waals surface area contributed by atoms with Gasteiger partial charge in [0.2, 0.25) is 11.8 Å². The second-order valence-electron chi connectivity index (χ2n) is 7.77. The first-order valence-corrected chi connectivity index (χ1v) is 11.1. The summed E-state index contributed by atoms with van der Waals surface area (Å²) in [6, 6.07) is 14.5. The zero-order valence-corrected chi connectivity index (χ0v) is 19.3. The van der Waals surface area contributed by atoms with E-state index in [-0.39, 0.29) is 18.4 Å². The highest BCUT2D eigenvalue weighted by Gasteiger charge is 2.29. The first-order valence-electron chi connectivity index (χ1n) is 10.4. The third kappa shape index (κ3) is 7.03. The Hall–Kier alpha value is -2.04. The van der Waals surface area contributed by atoms with Crippen molar-refractivity contribution in [2.45, 2.75) is 52.6 Å². The van der Waals surface area contributed by atoms with Crippen molar-refractivity contribution in [2.24, 2.45) is 5.92 Å². The van der Waals surface area contributed by atoms with Gasteiger partial charge in [0.05, 0.1) is 0 Å². The number of nitrogens with zero attached hydrogens (tertiary/aromatic N) is 1. The summed E-state index contributed by atoms with van der Waals surface area (Å²) in [5.74, 6) is 0.0792. The van der Waals surface area contributed by atoms with Crippen LogP contribution in [0.5, 0.6) is 0 Å². The van der Waals surface area contributed by atoms with E-state index in [0.717, 1.165) is 5.56 Å². The molecular weight excluding hydrogens is 419 g/mol. The molecule has 2 amide bonds. The maximum absolute atomic E-state index is 13.2. The number of nitrogens with one attached hydrogen (secondary N) is 1. The highest BCUT2D eigenvalue weighted by atomic mass is 35.5. The van der Waals surface area contributed by atoms with E-state index in [1.54, 1.807) is 23.1 Å². The van der Waals surface area contributed by atoms with E-state index in [2.05, 4.69) is 5.32 Å². The van der Waals surface area contributed by atoms with Crippen molar-refractivity contribution < 1.29 is 9.59 Å². The first-order chi connectivity index (χ1) is 14.3. The number of halogens is 2. The van der Waals surface area contributed by atoms with Crippen molar-refractivity contribution in [1.82, 2.24) is 10.2 Å². The van der Waals surface area contributed by atoms with Crippen LogP contribution in [0.25, 0.3) is 0 Å². The molecule has 0 aromatic heterocycles. The van der Waals surface area contributed by atoms with Gasteiger partial charge in [-0.25, -0.2) is 0 Å². The van der Waals surface area contributed by atoms with E-state index in [1.807, 2.05) is 51.1 Å². The Balaban J connectivity index is 2.25. The van der Waals surface area contributed by atoms with Gasteiger partial charge >= 0.3 is 0 Å². The fraction of sp³-hybridized carbons (Fsp3) is 0.417.